The molecule has 0 bridgehead atoms. The van der Waals surface area contributed by atoms with Crippen molar-refractivity contribution in [3.05, 3.63) is 12.2 Å². The van der Waals surface area contributed by atoms with Gasteiger partial charge in [-0.1, -0.05) is 5.92 Å². The molecule has 2 aromatic heterocycles. The Morgan fingerprint density at radius 3 is 2.62 bits per heavy atom. The van der Waals surface area contributed by atoms with E-state index in [-0.39, 0.29) is 28.9 Å². The van der Waals surface area contributed by atoms with Crippen molar-refractivity contribution in [1.82, 2.24) is 19.5 Å². The van der Waals surface area contributed by atoms with Crippen LogP contribution in [-0.2, 0) is 9.53 Å². The quantitative estimate of drug-likeness (QED) is 0.404. The lowest BCUT2D eigenvalue weighted by Crippen LogP contribution is -2.35. The summed E-state index contributed by atoms with van der Waals surface area (Å²) in [7, 11) is 0. The summed E-state index contributed by atoms with van der Waals surface area (Å²) in [5.41, 5.74) is 6.48. The predicted octanol–water partition coefficient (Wildman–Crippen LogP) is 0.0411. The topological polar surface area (TPSA) is 177 Å². The Kier molecular flexibility index (Phi) is 6.30. The van der Waals surface area contributed by atoms with Crippen LogP contribution in [-0.4, -0.2) is 70.3 Å². The summed E-state index contributed by atoms with van der Waals surface area (Å²) in [6.07, 6.45) is -0.131. The van der Waals surface area contributed by atoms with Crippen LogP contribution in [0, 0.1) is 23.7 Å². The average Bonchev–Trinajstić information content (AvgIpc) is 3.30. The first-order valence-corrected chi connectivity index (χ1v) is 10.7. The van der Waals surface area contributed by atoms with Crippen molar-refractivity contribution in [3.8, 4) is 11.8 Å². The third-order valence-corrected chi connectivity index (χ3v) is 6.37. The number of nitrogen functional groups attached to an aromatic ring is 1. The zero-order chi connectivity index (χ0) is 23.0. The van der Waals surface area contributed by atoms with Crippen molar-refractivity contribution >= 4 is 23.0 Å². The molecule has 5 unspecified atom stereocenters. The second-order valence-corrected chi connectivity index (χ2v) is 8.55. The van der Waals surface area contributed by atoms with Crippen molar-refractivity contribution in [1.29, 1.82) is 0 Å². The Hall–Kier alpha value is -2.78. The minimum absolute atomic E-state index is 0.0957. The van der Waals surface area contributed by atoms with Gasteiger partial charge in [-0.3, -0.25) is 4.57 Å². The lowest BCUT2D eigenvalue weighted by molar-refractivity contribution is -0.155. The van der Waals surface area contributed by atoms with Crippen LogP contribution < -0.4 is 5.73 Å². The summed E-state index contributed by atoms with van der Waals surface area (Å²) in [4.78, 5) is 23.9. The summed E-state index contributed by atoms with van der Waals surface area (Å²) in [6.45, 7) is 1.84. The van der Waals surface area contributed by atoms with Crippen LogP contribution >= 0.6 is 0 Å². The number of carbonyl (C=O) groups is 1. The molecule has 11 heteroatoms. The molecule has 0 amide bonds. The van der Waals surface area contributed by atoms with E-state index in [0.717, 1.165) is 25.7 Å². The molecule has 32 heavy (non-hydrogen) atoms. The van der Waals surface area contributed by atoms with Crippen LogP contribution in [0.1, 0.15) is 51.1 Å². The number of aliphatic hydroxyl groups excluding tert-OH is 3. The van der Waals surface area contributed by atoms with E-state index in [9.17, 15) is 20.1 Å². The van der Waals surface area contributed by atoms with Crippen LogP contribution in [0.3, 0.4) is 0 Å². The monoisotopic (exact) mass is 445 g/mol. The van der Waals surface area contributed by atoms with E-state index in [0.29, 0.717) is 18.3 Å². The van der Waals surface area contributed by atoms with E-state index >= 15 is 0 Å². The summed E-state index contributed by atoms with van der Waals surface area (Å²) >= 11 is 0. The van der Waals surface area contributed by atoms with E-state index in [1.165, 1.54) is 10.9 Å². The zero-order valence-corrected chi connectivity index (χ0v) is 17.6. The number of hydrogen-bond donors (Lipinski definition) is 5. The SMILES string of the molecule is CC(O)C1CCC(CC#Cc2nc(N)c3ncn(C4OC(C(=O)O)C(O)C4O)c3n2)CC1. The number of fused-ring (bicyclic) bond motifs is 1. The van der Waals surface area contributed by atoms with Crippen LogP contribution in [0.25, 0.3) is 11.2 Å². The number of aliphatic carboxylic acids is 1. The van der Waals surface area contributed by atoms with Crippen molar-refractivity contribution in [2.75, 3.05) is 5.73 Å². The molecule has 1 saturated carbocycles. The standard InChI is InChI=1S/C21H27N5O6/c1-10(27)12-7-5-11(6-8-12)3-2-4-13-24-18(22)14-19(25-13)26(9-23-14)20-16(29)15(28)17(32-20)21(30)31/h9-12,15-17,20,27-29H,3,5-8H2,1H3,(H,30,31)(H2,22,24,25). The van der Waals surface area contributed by atoms with E-state index < -0.39 is 30.5 Å². The second kappa shape index (κ2) is 8.99. The summed E-state index contributed by atoms with van der Waals surface area (Å²) in [6, 6.07) is 0. The largest absolute Gasteiger partial charge is 0.479 e. The second-order valence-electron chi connectivity index (χ2n) is 8.55. The molecular weight excluding hydrogens is 418 g/mol. The highest BCUT2D eigenvalue weighted by molar-refractivity contribution is 5.82. The molecule has 172 valence electrons. The van der Waals surface area contributed by atoms with Gasteiger partial charge in [0, 0.05) is 6.42 Å². The molecule has 2 aliphatic rings. The molecule has 1 aliphatic carbocycles. The number of ether oxygens (including phenoxy) is 1. The number of nitrogens with two attached hydrogens (primary N) is 1. The van der Waals surface area contributed by atoms with Gasteiger partial charge in [-0.15, -0.1) is 0 Å². The molecule has 1 saturated heterocycles. The first-order valence-electron chi connectivity index (χ1n) is 10.7. The molecular formula is C21H27N5O6. The van der Waals surface area contributed by atoms with Gasteiger partial charge in [0.05, 0.1) is 12.4 Å². The number of anilines is 1. The normalized spacial score (nSPS) is 31.2. The molecule has 4 rings (SSSR count). The molecule has 3 heterocycles. The van der Waals surface area contributed by atoms with Gasteiger partial charge in [0.1, 0.15) is 17.7 Å². The average molecular weight is 445 g/mol. The van der Waals surface area contributed by atoms with E-state index in [1.807, 2.05) is 6.92 Å². The van der Waals surface area contributed by atoms with E-state index in [1.54, 1.807) is 0 Å². The fraction of sp³-hybridized carbons (Fsp3) is 0.619. The summed E-state index contributed by atoms with van der Waals surface area (Å²) in [5.74, 6) is 5.74. The smallest absolute Gasteiger partial charge is 0.335 e. The highest BCUT2D eigenvalue weighted by atomic mass is 16.6. The first-order chi connectivity index (χ1) is 15.3. The molecule has 1 aliphatic heterocycles. The number of rotatable bonds is 4. The molecule has 5 atom stereocenters. The van der Waals surface area contributed by atoms with Crippen LogP contribution in [0.15, 0.2) is 6.33 Å². The van der Waals surface area contributed by atoms with Crippen molar-refractivity contribution in [2.45, 2.75) is 69.7 Å². The molecule has 0 spiro atoms. The highest BCUT2D eigenvalue weighted by Crippen LogP contribution is 2.33. The number of imidazole rings is 1. The molecule has 2 aromatic rings. The van der Waals surface area contributed by atoms with Gasteiger partial charge in [-0.2, -0.15) is 0 Å². The number of aromatic nitrogens is 4. The maximum atomic E-state index is 11.2. The van der Waals surface area contributed by atoms with Crippen LogP contribution in [0.4, 0.5) is 5.82 Å². The maximum absolute atomic E-state index is 11.2. The first kappa shape index (κ1) is 22.4. The lowest BCUT2D eigenvalue weighted by Gasteiger charge is -2.29. The lowest BCUT2D eigenvalue weighted by atomic mass is 9.78. The van der Waals surface area contributed by atoms with Gasteiger partial charge in [0.2, 0.25) is 5.82 Å². The van der Waals surface area contributed by atoms with Crippen molar-refractivity contribution in [2.24, 2.45) is 11.8 Å². The van der Waals surface area contributed by atoms with E-state index in [2.05, 4.69) is 26.8 Å². The van der Waals surface area contributed by atoms with Crippen molar-refractivity contribution < 1.29 is 30.0 Å². The van der Waals surface area contributed by atoms with Gasteiger partial charge < -0.3 is 30.9 Å². The van der Waals surface area contributed by atoms with E-state index in [4.69, 9.17) is 15.6 Å². The third-order valence-electron chi connectivity index (χ3n) is 6.37. The Morgan fingerprint density at radius 2 is 2.00 bits per heavy atom. The minimum Gasteiger partial charge on any atom is -0.479 e. The molecule has 0 aromatic carbocycles. The van der Waals surface area contributed by atoms with Crippen molar-refractivity contribution in [3.63, 3.8) is 0 Å². The fourth-order valence-corrected chi connectivity index (χ4v) is 4.42. The Bertz CT molecular complexity index is 1050. The number of carboxylic acid groups (broad SMARTS) is 1. The van der Waals surface area contributed by atoms with Crippen LogP contribution in [0.5, 0.6) is 0 Å². The van der Waals surface area contributed by atoms with Gasteiger partial charge in [-0.25, -0.2) is 19.7 Å². The third kappa shape index (κ3) is 4.27. The van der Waals surface area contributed by atoms with Crippen LogP contribution in [0.2, 0.25) is 0 Å². The van der Waals surface area contributed by atoms with Gasteiger partial charge in [0.15, 0.2) is 23.8 Å². The zero-order valence-electron chi connectivity index (χ0n) is 17.6. The summed E-state index contributed by atoms with van der Waals surface area (Å²) < 4.78 is 6.66. The maximum Gasteiger partial charge on any atom is 0.335 e. The predicted molar refractivity (Wildman–Crippen MR) is 112 cm³/mol. The Labute approximate surface area is 184 Å². The Balaban J connectivity index is 1.52. The summed E-state index contributed by atoms with van der Waals surface area (Å²) in [5, 5.41) is 39.2. The fourth-order valence-electron chi connectivity index (χ4n) is 4.42. The number of aliphatic hydroxyl groups is 3. The number of carboxylic acids is 1. The van der Waals surface area contributed by atoms with Gasteiger partial charge in [-0.05, 0) is 50.4 Å². The van der Waals surface area contributed by atoms with Gasteiger partial charge >= 0.3 is 5.97 Å². The number of nitrogens with zero attached hydrogens (tertiary/aromatic N) is 4. The van der Waals surface area contributed by atoms with Gasteiger partial charge in [0.25, 0.3) is 0 Å². The minimum atomic E-state index is -1.60. The molecule has 0 radical (unpaired) electrons. The number of hydrogen-bond acceptors (Lipinski definition) is 9. The Morgan fingerprint density at radius 1 is 1.28 bits per heavy atom. The molecule has 2 fully saturated rings. The molecule has 11 nitrogen and oxygen atoms in total. The molecule has 6 N–H and O–H groups in total. The highest BCUT2D eigenvalue weighted by Gasteiger charge is 2.48.